The molecule has 0 spiro atoms. The second-order valence-corrected chi connectivity index (χ2v) is 4.64. The van der Waals surface area contributed by atoms with Crippen LogP contribution in [0, 0.1) is 5.92 Å². The maximum Gasteiger partial charge on any atom is 0.0674 e. The molecule has 0 aromatic heterocycles. The molecule has 82 valence electrons. The van der Waals surface area contributed by atoms with Crippen LogP contribution in [0.3, 0.4) is 0 Å². The minimum absolute atomic E-state index is 0.411. The Kier molecular flexibility index (Phi) is 3.79. The number of hydrogen-bond acceptors (Lipinski definition) is 3. The Morgan fingerprint density at radius 2 is 2.07 bits per heavy atom. The standard InChI is InChI=1S/C11H22N2O/c1-10(14-9-11-2-3-11)8-13-6-4-12-5-7-13/h10-12H,2-9H2,1H3. The van der Waals surface area contributed by atoms with Crippen LogP contribution >= 0.6 is 0 Å². The van der Waals surface area contributed by atoms with E-state index in [4.69, 9.17) is 4.74 Å². The van der Waals surface area contributed by atoms with Crippen molar-refractivity contribution in [2.75, 3.05) is 39.3 Å². The van der Waals surface area contributed by atoms with E-state index in [0.29, 0.717) is 6.10 Å². The van der Waals surface area contributed by atoms with E-state index in [0.717, 1.165) is 32.2 Å². The molecular formula is C11H22N2O. The fourth-order valence-corrected chi connectivity index (χ4v) is 1.89. The van der Waals surface area contributed by atoms with Crippen LogP contribution < -0.4 is 5.32 Å². The lowest BCUT2D eigenvalue weighted by Crippen LogP contribution is -2.46. The van der Waals surface area contributed by atoms with E-state index < -0.39 is 0 Å². The van der Waals surface area contributed by atoms with Crippen molar-refractivity contribution in [1.82, 2.24) is 10.2 Å². The SMILES string of the molecule is CC(CN1CCNCC1)OCC1CC1. The first-order valence-corrected chi connectivity index (χ1v) is 5.89. The van der Waals surface area contributed by atoms with Gasteiger partial charge >= 0.3 is 0 Å². The average Bonchev–Trinajstić information content (AvgIpc) is 3.00. The second-order valence-electron chi connectivity index (χ2n) is 4.64. The minimum Gasteiger partial charge on any atom is -0.377 e. The van der Waals surface area contributed by atoms with Crippen LogP contribution in [-0.4, -0.2) is 50.3 Å². The van der Waals surface area contributed by atoms with Crippen LogP contribution in [0.5, 0.6) is 0 Å². The first-order chi connectivity index (χ1) is 6.84. The van der Waals surface area contributed by atoms with E-state index in [1.807, 2.05) is 0 Å². The fourth-order valence-electron chi connectivity index (χ4n) is 1.89. The number of ether oxygens (including phenoxy) is 1. The van der Waals surface area contributed by atoms with Crippen LogP contribution in [0.2, 0.25) is 0 Å². The van der Waals surface area contributed by atoms with E-state index in [1.165, 1.54) is 25.9 Å². The van der Waals surface area contributed by atoms with Crippen LogP contribution in [0.15, 0.2) is 0 Å². The van der Waals surface area contributed by atoms with Crippen molar-refractivity contribution >= 4 is 0 Å². The quantitative estimate of drug-likeness (QED) is 0.704. The first kappa shape index (κ1) is 10.4. The Balaban J connectivity index is 1.57. The maximum atomic E-state index is 5.81. The third-order valence-corrected chi connectivity index (χ3v) is 3.04. The summed E-state index contributed by atoms with van der Waals surface area (Å²) in [7, 11) is 0. The zero-order chi connectivity index (χ0) is 9.80. The van der Waals surface area contributed by atoms with Gasteiger partial charge in [-0.1, -0.05) is 0 Å². The molecule has 1 saturated carbocycles. The fraction of sp³-hybridized carbons (Fsp3) is 1.00. The highest BCUT2D eigenvalue weighted by Crippen LogP contribution is 2.29. The number of hydrogen-bond donors (Lipinski definition) is 1. The molecule has 3 nitrogen and oxygen atoms in total. The van der Waals surface area contributed by atoms with Crippen LogP contribution in [0.1, 0.15) is 19.8 Å². The van der Waals surface area contributed by atoms with Gasteiger partial charge in [-0.25, -0.2) is 0 Å². The van der Waals surface area contributed by atoms with E-state index in [9.17, 15) is 0 Å². The molecule has 0 aromatic rings. The van der Waals surface area contributed by atoms with Crippen molar-refractivity contribution in [2.24, 2.45) is 5.92 Å². The third-order valence-electron chi connectivity index (χ3n) is 3.04. The van der Waals surface area contributed by atoms with Gasteiger partial charge in [0.15, 0.2) is 0 Å². The van der Waals surface area contributed by atoms with Crippen molar-refractivity contribution in [3.8, 4) is 0 Å². The Bertz CT molecular complexity index is 165. The second kappa shape index (κ2) is 5.10. The predicted molar refractivity (Wildman–Crippen MR) is 57.4 cm³/mol. The van der Waals surface area contributed by atoms with E-state index in [-0.39, 0.29) is 0 Å². The van der Waals surface area contributed by atoms with E-state index in [2.05, 4.69) is 17.1 Å². The highest BCUT2D eigenvalue weighted by Gasteiger charge is 2.22. The summed E-state index contributed by atoms with van der Waals surface area (Å²) in [5.41, 5.74) is 0. The van der Waals surface area contributed by atoms with Crippen molar-refractivity contribution in [3.63, 3.8) is 0 Å². The van der Waals surface area contributed by atoms with Crippen LogP contribution in [0.25, 0.3) is 0 Å². The van der Waals surface area contributed by atoms with Crippen molar-refractivity contribution in [1.29, 1.82) is 0 Å². The van der Waals surface area contributed by atoms with Gasteiger partial charge in [-0.05, 0) is 25.7 Å². The molecule has 3 heteroatoms. The molecule has 2 rings (SSSR count). The Labute approximate surface area is 86.8 Å². The smallest absolute Gasteiger partial charge is 0.0674 e. The summed E-state index contributed by atoms with van der Waals surface area (Å²) >= 11 is 0. The molecule has 1 atom stereocenters. The molecule has 0 bridgehead atoms. The summed E-state index contributed by atoms with van der Waals surface area (Å²) < 4.78 is 5.81. The molecule has 0 aromatic carbocycles. The zero-order valence-corrected chi connectivity index (χ0v) is 9.17. The van der Waals surface area contributed by atoms with E-state index in [1.54, 1.807) is 0 Å². The number of rotatable bonds is 5. The monoisotopic (exact) mass is 198 g/mol. The molecule has 2 fully saturated rings. The predicted octanol–water partition coefficient (Wildman–Crippen LogP) is 0.707. The molecule has 2 aliphatic rings. The number of piperazine rings is 1. The molecule has 1 unspecified atom stereocenters. The lowest BCUT2D eigenvalue weighted by Gasteiger charge is -2.29. The molecule has 1 N–H and O–H groups in total. The molecule has 14 heavy (non-hydrogen) atoms. The highest BCUT2D eigenvalue weighted by atomic mass is 16.5. The number of nitrogens with zero attached hydrogens (tertiary/aromatic N) is 1. The van der Waals surface area contributed by atoms with Crippen molar-refractivity contribution in [2.45, 2.75) is 25.9 Å². The molecular weight excluding hydrogens is 176 g/mol. The lowest BCUT2D eigenvalue weighted by molar-refractivity contribution is 0.0292. The van der Waals surface area contributed by atoms with E-state index >= 15 is 0 Å². The summed E-state index contributed by atoms with van der Waals surface area (Å²) in [4.78, 5) is 2.49. The van der Waals surface area contributed by atoms with Gasteiger partial charge in [0, 0.05) is 39.3 Å². The summed E-state index contributed by atoms with van der Waals surface area (Å²) in [6.45, 7) is 8.92. The van der Waals surface area contributed by atoms with Crippen molar-refractivity contribution in [3.05, 3.63) is 0 Å². The summed E-state index contributed by atoms with van der Waals surface area (Å²) in [6.07, 6.45) is 3.19. The van der Waals surface area contributed by atoms with Gasteiger partial charge in [-0.3, -0.25) is 4.90 Å². The Hall–Kier alpha value is -0.120. The van der Waals surface area contributed by atoms with Gasteiger partial charge in [-0.15, -0.1) is 0 Å². The molecule has 0 radical (unpaired) electrons. The average molecular weight is 198 g/mol. The van der Waals surface area contributed by atoms with Gasteiger partial charge in [0.1, 0.15) is 0 Å². The minimum atomic E-state index is 0.411. The molecule has 1 aliphatic carbocycles. The molecule has 1 heterocycles. The van der Waals surface area contributed by atoms with Crippen LogP contribution in [0.4, 0.5) is 0 Å². The lowest BCUT2D eigenvalue weighted by atomic mass is 10.3. The summed E-state index contributed by atoms with van der Waals surface area (Å²) in [5.74, 6) is 0.889. The molecule has 0 amide bonds. The van der Waals surface area contributed by atoms with Crippen LogP contribution in [-0.2, 0) is 4.74 Å². The normalized spacial score (nSPS) is 26.4. The highest BCUT2D eigenvalue weighted by molar-refractivity contribution is 4.74. The molecule has 1 saturated heterocycles. The largest absolute Gasteiger partial charge is 0.377 e. The van der Waals surface area contributed by atoms with Gasteiger partial charge in [0.25, 0.3) is 0 Å². The topological polar surface area (TPSA) is 24.5 Å². The van der Waals surface area contributed by atoms with Gasteiger partial charge in [-0.2, -0.15) is 0 Å². The zero-order valence-electron chi connectivity index (χ0n) is 9.17. The first-order valence-electron chi connectivity index (χ1n) is 5.89. The summed E-state index contributed by atoms with van der Waals surface area (Å²) in [6, 6.07) is 0. The Morgan fingerprint density at radius 3 is 2.71 bits per heavy atom. The van der Waals surface area contributed by atoms with Crippen molar-refractivity contribution < 1.29 is 4.74 Å². The molecule has 1 aliphatic heterocycles. The third kappa shape index (κ3) is 3.56. The van der Waals surface area contributed by atoms with Gasteiger partial charge in [0.05, 0.1) is 6.10 Å². The number of nitrogens with one attached hydrogen (secondary N) is 1. The van der Waals surface area contributed by atoms with Gasteiger partial charge in [0.2, 0.25) is 0 Å². The van der Waals surface area contributed by atoms with Gasteiger partial charge < -0.3 is 10.1 Å². The maximum absolute atomic E-state index is 5.81. The Morgan fingerprint density at radius 1 is 1.36 bits per heavy atom. The summed E-state index contributed by atoms with van der Waals surface area (Å²) in [5, 5.41) is 3.37.